The molecule has 0 aliphatic heterocycles. The maximum Gasteiger partial charge on any atom is 0.335 e. The van der Waals surface area contributed by atoms with Crippen LogP contribution < -0.4 is 0 Å². The minimum absolute atomic E-state index is 0.295. The summed E-state index contributed by atoms with van der Waals surface area (Å²) in [6.45, 7) is 1.94. The summed E-state index contributed by atoms with van der Waals surface area (Å²) in [4.78, 5) is 10.8. The van der Waals surface area contributed by atoms with Crippen molar-refractivity contribution >= 4 is 17.5 Å². The molecule has 0 unspecified atom stereocenters. The van der Waals surface area contributed by atoms with Crippen molar-refractivity contribution in [2.45, 2.75) is 6.92 Å². The number of aryl methyl sites for hydroxylation is 1. The molecule has 4 heteroatoms. The summed E-state index contributed by atoms with van der Waals surface area (Å²) in [5, 5.41) is 10.8. The first-order valence-corrected chi connectivity index (χ1v) is 5.27. The highest BCUT2D eigenvalue weighted by atomic mass is 32.1. The molecular formula is C11H9NO2S. The molecule has 0 aliphatic carbocycles. The Labute approximate surface area is 91.2 Å². The first-order valence-electron chi connectivity index (χ1n) is 4.43. The number of carbonyl (C=O) groups is 1. The van der Waals surface area contributed by atoms with E-state index in [9.17, 15) is 4.79 Å². The topological polar surface area (TPSA) is 50.2 Å². The SMILES string of the molecule is Cc1ccc(C(=O)O)cc1-c1ccsn1. The van der Waals surface area contributed by atoms with Gasteiger partial charge in [0.05, 0.1) is 11.3 Å². The van der Waals surface area contributed by atoms with Crippen LogP contribution in [0.4, 0.5) is 0 Å². The summed E-state index contributed by atoms with van der Waals surface area (Å²) in [6.07, 6.45) is 0. The summed E-state index contributed by atoms with van der Waals surface area (Å²) in [5.41, 5.74) is 3.05. The highest BCUT2D eigenvalue weighted by Gasteiger charge is 2.08. The Bertz CT molecular complexity index is 491. The van der Waals surface area contributed by atoms with E-state index in [1.807, 2.05) is 18.4 Å². The number of nitrogens with zero attached hydrogens (tertiary/aromatic N) is 1. The van der Waals surface area contributed by atoms with Crippen LogP contribution in [-0.2, 0) is 0 Å². The quantitative estimate of drug-likeness (QED) is 0.844. The van der Waals surface area contributed by atoms with Crippen molar-refractivity contribution in [1.82, 2.24) is 4.37 Å². The van der Waals surface area contributed by atoms with Crippen molar-refractivity contribution in [3.8, 4) is 11.3 Å². The van der Waals surface area contributed by atoms with Crippen LogP contribution in [-0.4, -0.2) is 15.4 Å². The zero-order valence-electron chi connectivity index (χ0n) is 8.10. The molecule has 15 heavy (non-hydrogen) atoms. The van der Waals surface area contributed by atoms with Gasteiger partial charge >= 0.3 is 5.97 Å². The van der Waals surface area contributed by atoms with Gasteiger partial charge in [-0.2, -0.15) is 4.37 Å². The normalized spacial score (nSPS) is 10.2. The van der Waals surface area contributed by atoms with Crippen molar-refractivity contribution in [1.29, 1.82) is 0 Å². The average molecular weight is 219 g/mol. The van der Waals surface area contributed by atoms with Gasteiger partial charge in [0.2, 0.25) is 0 Å². The first-order chi connectivity index (χ1) is 7.18. The molecule has 0 amide bonds. The fourth-order valence-corrected chi connectivity index (χ4v) is 1.91. The van der Waals surface area contributed by atoms with Crippen molar-refractivity contribution < 1.29 is 9.90 Å². The van der Waals surface area contributed by atoms with E-state index in [2.05, 4.69) is 4.37 Å². The van der Waals surface area contributed by atoms with Gasteiger partial charge in [-0.1, -0.05) is 6.07 Å². The lowest BCUT2D eigenvalue weighted by atomic mass is 10.0. The van der Waals surface area contributed by atoms with Gasteiger partial charge in [0.15, 0.2) is 0 Å². The fraction of sp³-hybridized carbons (Fsp3) is 0.0909. The number of carboxylic acids is 1. The van der Waals surface area contributed by atoms with Gasteiger partial charge in [0, 0.05) is 10.9 Å². The van der Waals surface area contributed by atoms with Crippen LogP contribution in [0.2, 0.25) is 0 Å². The predicted octanol–water partition coefficient (Wildman–Crippen LogP) is 2.82. The number of hydrogen-bond donors (Lipinski definition) is 1. The molecular weight excluding hydrogens is 210 g/mol. The highest BCUT2D eigenvalue weighted by Crippen LogP contribution is 2.23. The van der Waals surface area contributed by atoms with E-state index in [-0.39, 0.29) is 0 Å². The van der Waals surface area contributed by atoms with Crippen LogP contribution in [0.25, 0.3) is 11.3 Å². The minimum atomic E-state index is -0.911. The Morgan fingerprint density at radius 1 is 1.40 bits per heavy atom. The van der Waals surface area contributed by atoms with Gasteiger partial charge in [0.1, 0.15) is 0 Å². The Morgan fingerprint density at radius 3 is 2.80 bits per heavy atom. The van der Waals surface area contributed by atoms with Gasteiger partial charge in [-0.05, 0) is 42.2 Å². The van der Waals surface area contributed by atoms with Crippen LogP contribution in [0, 0.1) is 6.92 Å². The molecule has 1 aromatic heterocycles. The van der Waals surface area contributed by atoms with Gasteiger partial charge in [-0.25, -0.2) is 4.79 Å². The monoisotopic (exact) mass is 219 g/mol. The molecule has 2 aromatic rings. The summed E-state index contributed by atoms with van der Waals surface area (Å²) < 4.78 is 4.20. The van der Waals surface area contributed by atoms with E-state index in [0.717, 1.165) is 16.8 Å². The Hall–Kier alpha value is -1.68. The number of aromatic nitrogens is 1. The van der Waals surface area contributed by atoms with Crippen LogP contribution in [0.3, 0.4) is 0 Å². The van der Waals surface area contributed by atoms with Gasteiger partial charge in [0.25, 0.3) is 0 Å². The highest BCUT2D eigenvalue weighted by molar-refractivity contribution is 7.03. The zero-order chi connectivity index (χ0) is 10.8. The molecule has 0 atom stereocenters. The van der Waals surface area contributed by atoms with Gasteiger partial charge < -0.3 is 5.11 Å². The second kappa shape index (κ2) is 3.82. The summed E-state index contributed by atoms with van der Waals surface area (Å²) in [7, 11) is 0. The maximum absolute atomic E-state index is 10.8. The molecule has 0 spiro atoms. The third kappa shape index (κ3) is 1.89. The van der Waals surface area contributed by atoms with Crippen molar-refractivity contribution in [3.63, 3.8) is 0 Å². The van der Waals surface area contributed by atoms with E-state index >= 15 is 0 Å². The third-order valence-electron chi connectivity index (χ3n) is 2.20. The number of hydrogen-bond acceptors (Lipinski definition) is 3. The zero-order valence-corrected chi connectivity index (χ0v) is 8.91. The van der Waals surface area contributed by atoms with Crippen molar-refractivity contribution in [2.24, 2.45) is 0 Å². The van der Waals surface area contributed by atoms with Crippen molar-refractivity contribution in [3.05, 3.63) is 40.8 Å². The smallest absolute Gasteiger partial charge is 0.335 e. The van der Waals surface area contributed by atoms with E-state index in [4.69, 9.17) is 5.11 Å². The molecule has 0 saturated heterocycles. The number of aromatic carboxylic acids is 1. The number of carboxylic acid groups (broad SMARTS) is 1. The molecule has 0 saturated carbocycles. The maximum atomic E-state index is 10.8. The van der Waals surface area contributed by atoms with E-state index in [1.165, 1.54) is 11.5 Å². The lowest BCUT2D eigenvalue weighted by Crippen LogP contribution is -1.97. The lowest BCUT2D eigenvalue weighted by molar-refractivity contribution is 0.0697. The Kier molecular flexibility index (Phi) is 2.51. The molecule has 76 valence electrons. The average Bonchev–Trinajstić information content (AvgIpc) is 2.71. The van der Waals surface area contributed by atoms with Crippen LogP contribution >= 0.6 is 11.5 Å². The van der Waals surface area contributed by atoms with Gasteiger partial charge in [-0.15, -0.1) is 0 Å². The Balaban J connectivity index is 2.55. The standard InChI is InChI=1S/C11H9NO2S/c1-7-2-3-8(11(13)14)6-9(7)10-4-5-15-12-10/h2-6H,1H3,(H,13,14). The minimum Gasteiger partial charge on any atom is -0.478 e. The second-order valence-corrected chi connectivity index (χ2v) is 3.89. The lowest BCUT2D eigenvalue weighted by Gasteiger charge is -2.03. The second-order valence-electron chi connectivity index (χ2n) is 3.22. The van der Waals surface area contributed by atoms with E-state index in [0.29, 0.717) is 5.56 Å². The predicted molar refractivity (Wildman–Crippen MR) is 59.2 cm³/mol. The molecule has 3 nitrogen and oxygen atoms in total. The molecule has 0 aliphatic rings. The van der Waals surface area contributed by atoms with Crippen LogP contribution in [0.1, 0.15) is 15.9 Å². The molecule has 1 heterocycles. The van der Waals surface area contributed by atoms with Crippen molar-refractivity contribution in [2.75, 3.05) is 0 Å². The molecule has 1 aromatic carbocycles. The van der Waals surface area contributed by atoms with Gasteiger partial charge in [-0.3, -0.25) is 0 Å². The van der Waals surface area contributed by atoms with E-state index in [1.54, 1.807) is 18.2 Å². The van der Waals surface area contributed by atoms with E-state index < -0.39 is 5.97 Å². The van der Waals surface area contributed by atoms with Crippen LogP contribution in [0.15, 0.2) is 29.6 Å². The largest absolute Gasteiger partial charge is 0.478 e. The molecule has 0 radical (unpaired) electrons. The summed E-state index contributed by atoms with van der Waals surface area (Å²) >= 11 is 1.36. The fourth-order valence-electron chi connectivity index (χ4n) is 1.38. The molecule has 2 rings (SSSR count). The molecule has 0 bridgehead atoms. The third-order valence-corrected chi connectivity index (χ3v) is 2.76. The summed E-state index contributed by atoms with van der Waals surface area (Å²) in [6, 6.07) is 6.96. The Morgan fingerprint density at radius 2 is 2.20 bits per heavy atom. The van der Waals surface area contributed by atoms with Crippen LogP contribution in [0.5, 0.6) is 0 Å². The molecule has 0 fully saturated rings. The first kappa shape index (κ1) is 9.86. The number of rotatable bonds is 2. The summed E-state index contributed by atoms with van der Waals surface area (Å²) in [5.74, 6) is -0.911. The number of benzene rings is 1. The molecule has 1 N–H and O–H groups in total.